The van der Waals surface area contributed by atoms with Crippen molar-refractivity contribution in [2.75, 3.05) is 0 Å². The highest BCUT2D eigenvalue weighted by Crippen LogP contribution is 2.29. The minimum absolute atomic E-state index is 0.648. The van der Waals surface area contributed by atoms with Crippen LogP contribution in [-0.2, 0) is 33.6 Å². The van der Waals surface area contributed by atoms with Gasteiger partial charge in [-0.15, -0.1) is 0 Å². The van der Waals surface area contributed by atoms with Crippen molar-refractivity contribution in [3.63, 3.8) is 0 Å². The summed E-state index contributed by atoms with van der Waals surface area (Å²) < 4.78 is 51.7. The van der Waals surface area contributed by atoms with Crippen molar-refractivity contribution < 1.29 is 61.7 Å². The quantitative estimate of drug-likeness (QED) is 0.251. The lowest BCUT2D eigenvalue weighted by Crippen LogP contribution is -2.61. The number of ether oxygens (including phenoxy) is 3. The van der Waals surface area contributed by atoms with Crippen LogP contribution in [0.25, 0.3) is 0 Å². The average Bonchev–Trinajstić information content (AvgIpc) is 2.50. The molecule has 2 aliphatic rings. The Morgan fingerprint density at radius 3 is 2.35 bits per heavy atom. The van der Waals surface area contributed by atoms with Gasteiger partial charge in [0.25, 0.3) is 0 Å². The van der Waals surface area contributed by atoms with Gasteiger partial charge >= 0.3 is 0 Å². The van der Waals surface area contributed by atoms with E-state index in [0.717, 1.165) is 0 Å². The number of aliphatic hydroxyl groups excluding tert-OH is 4. The Hall–Kier alpha value is -1.36. The molecule has 2 rings (SSSR count). The minimum Gasteiger partial charge on any atom is -0.726 e. The normalized spacial score (nSPS) is 41.2. The van der Waals surface area contributed by atoms with Crippen LogP contribution in [0.1, 0.15) is 6.92 Å². The van der Waals surface area contributed by atoms with E-state index >= 15 is 0 Å². The molecule has 0 aromatic carbocycles. The lowest BCUT2D eigenvalue weighted by molar-refractivity contribution is -0.326. The van der Waals surface area contributed by atoms with Gasteiger partial charge in [-0.3, -0.25) is 4.18 Å². The molecule has 150 valence electrons. The third-order valence-electron chi connectivity index (χ3n) is 3.68. The first-order valence-corrected chi connectivity index (χ1v) is 8.51. The van der Waals surface area contributed by atoms with Gasteiger partial charge in [-0.05, 0) is 13.0 Å². The summed E-state index contributed by atoms with van der Waals surface area (Å²) in [6, 6.07) is 0. The molecule has 2 aliphatic heterocycles. The number of hydrogen-bond acceptors (Lipinski definition) is 13. The van der Waals surface area contributed by atoms with E-state index in [2.05, 4.69) is 4.18 Å². The second-order valence-corrected chi connectivity index (χ2v) is 6.59. The van der Waals surface area contributed by atoms with Crippen LogP contribution in [0.4, 0.5) is 0 Å². The van der Waals surface area contributed by atoms with Gasteiger partial charge in [0.15, 0.2) is 6.29 Å². The Morgan fingerprint density at radius 1 is 1.19 bits per heavy atom. The van der Waals surface area contributed by atoms with Gasteiger partial charge in [-0.1, -0.05) is 0 Å². The predicted octanol–water partition coefficient (Wildman–Crippen LogP) is -4.97. The Kier molecular flexibility index (Phi) is 6.21. The van der Waals surface area contributed by atoms with Crippen LogP contribution in [0.5, 0.6) is 0 Å². The lowest BCUT2D eigenvalue weighted by atomic mass is 9.99. The summed E-state index contributed by atoms with van der Waals surface area (Å²) in [7, 11) is -5.35. The van der Waals surface area contributed by atoms with Crippen LogP contribution in [0.15, 0.2) is 11.8 Å². The Labute approximate surface area is 146 Å². The molecule has 0 aromatic heterocycles. The topological polar surface area (TPSA) is 215 Å². The molecule has 26 heavy (non-hydrogen) atoms. The van der Waals surface area contributed by atoms with Crippen LogP contribution in [-0.4, -0.2) is 88.6 Å². The molecular weight excluding hydrogens is 384 g/mol. The maximum absolute atomic E-state index is 10.9. The van der Waals surface area contributed by atoms with Gasteiger partial charge < -0.3 is 49.1 Å². The molecule has 0 radical (unpaired) electrons. The fourth-order valence-corrected chi connectivity index (χ4v) is 2.96. The highest BCUT2D eigenvalue weighted by Gasteiger charge is 2.48. The van der Waals surface area contributed by atoms with Gasteiger partial charge in [0.05, 0.1) is 6.10 Å². The maximum atomic E-state index is 10.9. The van der Waals surface area contributed by atoms with Crippen LogP contribution >= 0.6 is 0 Å². The zero-order chi connectivity index (χ0) is 19.8. The summed E-state index contributed by atoms with van der Waals surface area (Å²) in [6.07, 6.45) is -13.5. The van der Waals surface area contributed by atoms with Gasteiger partial charge in [-0.2, -0.15) is 0 Å². The molecular formula is C12H16O13S-2. The molecule has 0 aromatic rings. The van der Waals surface area contributed by atoms with E-state index in [1.54, 1.807) is 0 Å². The van der Waals surface area contributed by atoms with Crippen molar-refractivity contribution in [1.29, 1.82) is 0 Å². The van der Waals surface area contributed by atoms with Gasteiger partial charge in [-0.25, -0.2) is 8.42 Å². The monoisotopic (exact) mass is 400 g/mol. The van der Waals surface area contributed by atoms with Crippen LogP contribution < -0.4 is 5.11 Å². The van der Waals surface area contributed by atoms with Crippen LogP contribution in [0.3, 0.4) is 0 Å². The first-order chi connectivity index (χ1) is 11.9. The van der Waals surface area contributed by atoms with Crippen molar-refractivity contribution in [1.82, 2.24) is 0 Å². The molecule has 0 spiro atoms. The third kappa shape index (κ3) is 4.67. The zero-order valence-electron chi connectivity index (χ0n) is 13.1. The van der Waals surface area contributed by atoms with Gasteiger partial charge in [0.2, 0.25) is 16.7 Å². The third-order valence-corrected chi connectivity index (χ3v) is 4.14. The van der Waals surface area contributed by atoms with E-state index in [1.807, 2.05) is 0 Å². The summed E-state index contributed by atoms with van der Waals surface area (Å²) in [5, 5.41) is 49.7. The fourth-order valence-electron chi connectivity index (χ4n) is 2.47. The molecule has 14 heteroatoms. The number of rotatable bonds is 5. The van der Waals surface area contributed by atoms with Crippen LogP contribution in [0.2, 0.25) is 0 Å². The lowest BCUT2D eigenvalue weighted by Gasteiger charge is -2.43. The first kappa shape index (κ1) is 20.9. The van der Waals surface area contributed by atoms with Crippen molar-refractivity contribution in [2.45, 2.75) is 56.1 Å². The van der Waals surface area contributed by atoms with Crippen molar-refractivity contribution in [3.05, 3.63) is 11.8 Å². The SMILES string of the molecule is C[C@@H]1OC(O)[C@H](O)[C@H](OS(=O)(=O)[O-])[C@H]1O[C@@H]1OC(C(=O)[O-])=C[C@H](O)[C@H]1O. The molecule has 8 atom stereocenters. The summed E-state index contributed by atoms with van der Waals surface area (Å²) in [5.74, 6) is -2.70. The molecule has 1 unspecified atom stereocenters. The van der Waals surface area contributed by atoms with E-state index in [1.165, 1.54) is 6.92 Å². The van der Waals surface area contributed by atoms with Crippen LogP contribution in [0, 0.1) is 0 Å². The Balaban J connectivity index is 2.25. The van der Waals surface area contributed by atoms with E-state index < -0.39 is 71.3 Å². The number of hydrogen-bond donors (Lipinski definition) is 4. The highest BCUT2D eigenvalue weighted by atomic mass is 32.3. The van der Waals surface area contributed by atoms with E-state index in [0.29, 0.717) is 6.08 Å². The number of carbonyl (C=O) groups is 1. The molecule has 13 nitrogen and oxygen atoms in total. The second-order valence-electron chi connectivity index (χ2n) is 5.58. The molecule has 0 bridgehead atoms. The Morgan fingerprint density at radius 2 is 1.81 bits per heavy atom. The number of aliphatic carboxylic acids is 1. The second kappa shape index (κ2) is 7.71. The summed E-state index contributed by atoms with van der Waals surface area (Å²) in [4.78, 5) is 10.9. The Bertz CT molecular complexity index is 660. The highest BCUT2D eigenvalue weighted by molar-refractivity contribution is 7.80. The smallest absolute Gasteiger partial charge is 0.229 e. The molecule has 1 saturated heterocycles. The van der Waals surface area contributed by atoms with Gasteiger partial charge in [0, 0.05) is 0 Å². The first-order valence-electron chi connectivity index (χ1n) is 7.18. The fraction of sp³-hybridized carbons (Fsp3) is 0.750. The maximum Gasteiger partial charge on any atom is 0.229 e. The molecule has 2 heterocycles. The number of carboxylic acids is 1. The largest absolute Gasteiger partial charge is 0.726 e. The molecule has 0 aliphatic carbocycles. The van der Waals surface area contributed by atoms with Crippen molar-refractivity contribution in [3.8, 4) is 0 Å². The van der Waals surface area contributed by atoms with Gasteiger partial charge in [0.1, 0.15) is 42.2 Å². The molecule has 1 fully saturated rings. The minimum atomic E-state index is -5.35. The summed E-state index contributed by atoms with van der Waals surface area (Å²) in [5.41, 5.74) is 0. The number of aliphatic hydroxyl groups is 4. The van der Waals surface area contributed by atoms with E-state index in [-0.39, 0.29) is 0 Å². The van der Waals surface area contributed by atoms with E-state index in [4.69, 9.17) is 14.2 Å². The molecule has 0 amide bonds. The molecule has 0 saturated carbocycles. The summed E-state index contributed by atoms with van der Waals surface area (Å²) in [6.45, 7) is 1.24. The zero-order valence-corrected chi connectivity index (χ0v) is 13.9. The predicted molar refractivity (Wildman–Crippen MR) is 72.0 cm³/mol. The number of carbonyl (C=O) groups excluding carboxylic acids is 1. The van der Waals surface area contributed by atoms with Crippen molar-refractivity contribution in [2.24, 2.45) is 0 Å². The van der Waals surface area contributed by atoms with Crippen molar-refractivity contribution >= 4 is 16.4 Å². The van der Waals surface area contributed by atoms with E-state index in [9.17, 15) is 43.3 Å². The average molecular weight is 400 g/mol. The number of carboxylic acid groups (broad SMARTS) is 1. The molecule has 4 N–H and O–H groups in total. The standard InChI is InChI=1S/C12H18O13S/c1-3-8(9(25-26(19,20)21)7(15)11(18)22-3)24-12-6(14)4(13)2-5(23-12)10(16)17/h2-4,6-9,11-15,18H,1H3,(H,16,17)(H,19,20,21)/p-2/t3-,4-,6+,7+,8-,9-,11?,12-/m0/s1. The summed E-state index contributed by atoms with van der Waals surface area (Å²) >= 11 is 0.